The molecule has 29 heavy (non-hydrogen) atoms. The van der Waals surface area contributed by atoms with Crippen LogP contribution in [0.1, 0.15) is 42.5 Å². The molecule has 0 saturated carbocycles. The van der Waals surface area contributed by atoms with E-state index in [-0.39, 0.29) is 23.6 Å². The average Bonchev–Trinajstić information content (AvgIpc) is 3.12. The monoisotopic (exact) mass is 397 g/mol. The third kappa shape index (κ3) is 5.50. The minimum absolute atomic E-state index is 0.0331. The van der Waals surface area contributed by atoms with E-state index in [1.165, 1.54) is 24.3 Å². The summed E-state index contributed by atoms with van der Waals surface area (Å²) in [6, 6.07) is 12.3. The van der Waals surface area contributed by atoms with Gasteiger partial charge in [-0.1, -0.05) is 31.2 Å². The largest absolute Gasteiger partial charge is 0.331 e. The fourth-order valence-electron chi connectivity index (χ4n) is 3.52. The van der Waals surface area contributed by atoms with Gasteiger partial charge in [0, 0.05) is 26.2 Å². The summed E-state index contributed by atoms with van der Waals surface area (Å²) in [5, 5.41) is 4.14. The highest BCUT2D eigenvalue weighted by molar-refractivity contribution is 5.77. The van der Waals surface area contributed by atoms with Gasteiger partial charge in [0.1, 0.15) is 11.6 Å². The van der Waals surface area contributed by atoms with E-state index in [4.69, 9.17) is 0 Å². The Hall–Kier alpha value is -3.02. The van der Waals surface area contributed by atoms with Gasteiger partial charge in [0.2, 0.25) is 5.91 Å². The summed E-state index contributed by atoms with van der Waals surface area (Å²) in [5.74, 6) is -0.683. The van der Waals surface area contributed by atoms with E-state index >= 15 is 0 Å². The van der Waals surface area contributed by atoms with Crippen molar-refractivity contribution in [2.75, 3.05) is 0 Å². The van der Waals surface area contributed by atoms with Gasteiger partial charge in [-0.3, -0.25) is 9.48 Å². The molecule has 3 rings (SSSR count). The predicted molar refractivity (Wildman–Crippen MR) is 108 cm³/mol. The number of carbonyl (C=O) groups excluding carboxylic acids is 1. The summed E-state index contributed by atoms with van der Waals surface area (Å²) in [5.41, 5.74) is 2.57. The van der Waals surface area contributed by atoms with Gasteiger partial charge in [-0.05, 0) is 53.8 Å². The van der Waals surface area contributed by atoms with E-state index in [1.807, 2.05) is 26.2 Å². The molecule has 6 heteroatoms. The molecule has 4 nitrogen and oxygen atoms in total. The first kappa shape index (κ1) is 20.7. The van der Waals surface area contributed by atoms with Gasteiger partial charge in [0.15, 0.2) is 0 Å². The van der Waals surface area contributed by atoms with Crippen molar-refractivity contribution < 1.29 is 13.6 Å². The second-order valence-electron chi connectivity index (χ2n) is 7.15. The lowest BCUT2D eigenvalue weighted by Crippen LogP contribution is -2.34. The van der Waals surface area contributed by atoms with Gasteiger partial charge < -0.3 is 4.90 Å². The Morgan fingerprint density at radius 1 is 1.10 bits per heavy atom. The number of rotatable bonds is 8. The second-order valence-corrected chi connectivity index (χ2v) is 7.15. The maximum absolute atomic E-state index is 13.7. The molecule has 2 aromatic carbocycles. The lowest BCUT2D eigenvalue weighted by atomic mass is 10.0. The molecule has 0 radical (unpaired) electrons. The first-order chi connectivity index (χ1) is 14.0. The van der Waals surface area contributed by atoms with E-state index in [0.717, 1.165) is 16.7 Å². The molecule has 3 aromatic rings. The fourth-order valence-corrected chi connectivity index (χ4v) is 3.52. The lowest BCUT2D eigenvalue weighted by molar-refractivity contribution is -0.134. The quantitative estimate of drug-likeness (QED) is 0.547. The van der Waals surface area contributed by atoms with Crippen molar-refractivity contribution in [3.05, 3.63) is 89.2 Å². The van der Waals surface area contributed by atoms with Crippen molar-refractivity contribution in [2.45, 2.75) is 38.8 Å². The van der Waals surface area contributed by atoms with Crippen LogP contribution in [0.5, 0.6) is 0 Å². The van der Waals surface area contributed by atoms with Gasteiger partial charge in [0.05, 0.1) is 12.2 Å². The lowest BCUT2D eigenvalue weighted by Gasteiger charge is -2.32. The Bertz CT molecular complexity index is 953. The number of hydrogen-bond donors (Lipinski definition) is 0. The highest BCUT2D eigenvalue weighted by Gasteiger charge is 2.24. The molecule has 1 heterocycles. The molecule has 0 aliphatic rings. The van der Waals surface area contributed by atoms with Crippen LogP contribution in [-0.4, -0.2) is 20.6 Å². The number of aryl methyl sites for hydroxylation is 2. The minimum Gasteiger partial charge on any atom is -0.331 e. The van der Waals surface area contributed by atoms with Crippen LogP contribution in [0.15, 0.2) is 60.9 Å². The number of amides is 1. The molecule has 0 spiro atoms. The SMILES string of the molecule is CCC(c1ccc(F)cc1)N(Cc1cccc(F)c1)C(=O)CCc1cnn(C)c1. The van der Waals surface area contributed by atoms with Gasteiger partial charge in [-0.2, -0.15) is 5.10 Å². The molecular formula is C23H25F2N3O. The molecule has 0 aliphatic heterocycles. The summed E-state index contributed by atoms with van der Waals surface area (Å²) < 4.78 is 28.8. The molecule has 1 atom stereocenters. The van der Waals surface area contributed by atoms with Crippen LogP contribution < -0.4 is 0 Å². The Balaban J connectivity index is 1.84. The van der Waals surface area contributed by atoms with E-state index in [0.29, 0.717) is 25.8 Å². The van der Waals surface area contributed by atoms with Crippen LogP contribution in [0.25, 0.3) is 0 Å². The van der Waals surface area contributed by atoms with Crippen molar-refractivity contribution in [3.63, 3.8) is 0 Å². The number of halogens is 2. The molecule has 0 bridgehead atoms. The summed E-state index contributed by atoms with van der Waals surface area (Å²) in [6.07, 6.45) is 5.20. The maximum Gasteiger partial charge on any atom is 0.223 e. The maximum atomic E-state index is 13.7. The Morgan fingerprint density at radius 2 is 1.86 bits per heavy atom. The van der Waals surface area contributed by atoms with Crippen LogP contribution in [0.3, 0.4) is 0 Å². The van der Waals surface area contributed by atoms with Crippen LogP contribution in [0, 0.1) is 11.6 Å². The Labute approximate surface area is 169 Å². The third-order valence-electron chi connectivity index (χ3n) is 4.97. The smallest absolute Gasteiger partial charge is 0.223 e. The summed E-state index contributed by atoms with van der Waals surface area (Å²) >= 11 is 0. The topological polar surface area (TPSA) is 38.1 Å². The highest BCUT2D eigenvalue weighted by Crippen LogP contribution is 2.27. The van der Waals surface area contributed by atoms with Crippen LogP contribution in [0.2, 0.25) is 0 Å². The van der Waals surface area contributed by atoms with E-state index < -0.39 is 0 Å². The molecule has 0 fully saturated rings. The van der Waals surface area contributed by atoms with Crippen molar-refractivity contribution in [1.29, 1.82) is 0 Å². The summed E-state index contributed by atoms with van der Waals surface area (Å²) in [7, 11) is 1.84. The van der Waals surface area contributed by atoms with E-state index in [9.17, 15) is 13.6 Å². The van der Waals surface area contributed by atoms with Gasteiger partial charge in [-0.25, -0.2) is 8.78 Å². The van der Waals surface area contributed by atoms with Gasteiger partial charge in [-0.15, -0.1) is 0 Å². The molecule has 1 amide bonds. The first-order valence-electron chi connectivity index (χ1n) is 9.73. The first-order valence-corrected chi connectivity index (χ1v) is 9.73. The van der Waals surface area contributed by atoms with Gasteiger partial charge in [0.25, 0.3) is 0 Å². The van der Waals surface area contributed by atoms with Crippen molar-refractivity contribution >= 4 is 5.91 Å². The van der Waals surface area contributed by atoms with E-state index in [2.05, 4.69) is 5.10 Å². The molecule has 0 aliphatic carbocycles. The molecule has 1 aromatic heterocycles. The van der Waals surface area contributed by atoms with Crippen molar-refractivity contribution in [3.8, 4) is 0 Å². The number of nitrogens with zero attached hydrogens (tertiary/aromatic N) is 3. The zero-order chi connectivity index (χ0) is 20.8. The standard InChI is InChI=1S/C23H25F2N3O/c1-3-22(19-8-10-20(24)11-9-19)28(16-17-5-4-6-21(25)13-17)23(29)12-7-18-14-26-27(2)15-18/h4-6,8-11,13-15,22H,3,7,12,16H2,1-2H3. The van der Waals surface area contributed by atoms with Gasteiger partial charge >= 0.3 is 0 Å². The number of benzene rings is 2. The molecular weight excluding hydrogens is 372 g/mol. The highest BCUT2D eigenvalue weighted by atomic mass is 19.1. The van der Waals surface area contributed by atoms with E-state index in [1.54, 1.807) is 34.0 Å². The van der Waals surface area contributed by atoms with Crippen molar-refractivity contribution in [1.82, 2.24) is 14.7 Å². The average molecular weight is 397 g/mol. The predicted octanol–water partition coefficient (Wildman–Crippen LogP) is 4.81. The number of aromatic nitrogens is 2. The molecule has 0 saturated heterocycles. The summed E-state index contributed by atoms with van der Waals surface area (Å²) in [6.45, 7) is 2.28. The Kier molecular flexibility index (Phi) is 6.75. The van der Waals surface area contributed by atoms with Crippen LogP contribution >= 0.6 is 0 Å². The number of hydrogen-bond acceptors (Lipinski definition) is 2. The summed E-state index contributed by atoms with van der Waals surface area (Å²) in [4.78, 5) is 14.9. The fraction of sp³-hybridized carbons (Fsp3) is 0.304. The van der Waals surface area contributed by atoms with Crippen molar-refractivity contribution in [2.24, 2.45) is 7.05 Å². The second kappa shape index (κ2) is 9.45. The third-order valence-corrected chi connectivity index (χ3v) is 4.97. The molecule has 0 N–H and O–H groups in total. The normalized spacial score (nSPS) is 12.0. The molecule has 1 unspecified atom stereocenters. The van der Waals surface area contributed by atoms with Crippen LogP contribution in [0.4, 0.5) is 8.78 Å². The number of carbonyl (C=O) groups is 1. The van der Waals surface area contributed by atoms with Crippen LogP contribution in [-0.2, 0) is 24.8 Å². The minimum atomic E-state index is -0.333. The molecule has 152 valence electrons. The zero-order valence-electron chi connectivity index (χ0n) is 16.7. The zero-order valence-corrected chi connectivity index (χ0v) is 16.7. The Morgan fingerprint density at radius 3 is 2.48 bits per heavy atom.